The molecule has 2 heterocycles. The van der Waals surface area contributed by atoms with Crippen LogP contribution in [-0.4, -0.2) is 32.9 Å². The van der Waals surface area contributed by atoms with Crippen molar-refractivity contribution in [1.82, 2.24) is 20.2 Å². The fraction of sp³-hybridized carbons (Fsp3) is 0.688. The van der Waals surface area contributed by atoms with Crippen LogP contribution in [0.1, 0.15) is 74.3 Å². The summed E-state index contributed by atoms with van der Waals surface area (Å²) in [7, 11) is 0. The van der Waals surface area contributed by atoms with Crippen LogP contribution in [0.3, 0.4) is 0 Å². The second-order valence-corrected chi connectivity index (χ2v) is 7.17. The molecule has 2 amide bonds. The lowest BCUT2D eigenvalue weighted by Crippen LogP contribution is -2.42. The first-order chi connectivity index (χ1) is 10.2. The van der Waals surface area contributed by atoms with Gasteiger partial charge in [0.05, 0.1) is 5.69 Å². The van der Waals surface area contributed by atoms with E-state index in [1.54, 1.807) is 0 Å². The molecule has 1 aliphatic rings. The lowest BCUT2D eigenvalue weighted by atomic mass is 10.1. The topological polar surface area (TPSA) is 76.0 Å². The molecule has 0 saturated heterocycles. The minimum atomic E-state index is -0.335. The van der Waals surface area contributed by atoms with Gasteiger partial charge in [0.1, 0.15) is 5.69 Å². The summed E-state index contributed by atoms with van der Waals surface area (Å²) < 4.78 is 1.90. The summed E-state index contributed by atoms with van der Waals surface area (Å²) in [6.07, 6.45) is 2.81. The molecule has 0 unspecified atom stereocenters. The quantitative estimate of drug-likeness (QED) is 0.895. The zero-order valence-electron chi connectivity index (χ0n) is 14.1. The van der Waals surface area contributed by atoms with Crippen molar-refractivity contribution in [3.8, 4) is 0 Å². The van der Waals surface area contributed by atoms with Crippen molar-refractivity contribution >= 4 is 11.8 Å². The Bertz CT molecular complexity index is 582. The molecule has 6 nitrogen and oxygen atoms in total. The van der Waals surface area contributed by atoms with Crippen LogP contribution in [-0.2, 0) is 13.0 Å². The molecule has 2 rings (SSSR count). The lowest BCUT2D eigenvalue weighted by molar-refractivity contribution is 0.0903. The van der Waals surface area contributed by atoms with Gasteiger partial charge in [0.2, 0.25) is 0 Å². The van der Waals surface area contributed by atoms with E-state index in [0.717, 1.165) is 31.5 Å². The van der Waals surface area contributed by atoms with E-state index >= 15 is 0 Å². The molecule has 0 atom stereocenters. The van der Waals surface area contributed by atoms with E-state index in [9.17, 15) is 9.59 Å². The summed E-state index contributed by atoms with van der Waals surface area (Å²) in [5.74, 6) is -0.0757. The molecule has 122 valence electrons. The van der Waals surface area contributed by atoms with Crippen molar-refractivity contribution in [2.24, 2.45) is 0 Å². The standard InChI is InChI=1S/C16H26N4O2/c1-10(2)17-14(21)12-11-8-6-7-9-20(11)13(18-12)15(22)19-16(3,4)5/h10H,6-9H2,1-5H3,(H,17,21)(H,19,22). The van der Waals surface area contributed by atoms with Crippen molar-refractivity contribution in [2.45, 2.75) is 72.0 Å². The number of rotatable bonds is 3. The van der Waals surface area contributed by atoms with E-state index in [1.807, 2.05) is 39.2 Å². The van der Waals surface area contributed by atoms with Crippen LogP contribution in [0.2, 0.25) is 0 Å². The number of nitrogens with one attached hydrogen (secondary N) is 2. The molecule has 0 aliphatic carbocycles. The Morgan fingerprint density at radius 3 is 2.45 bits per heavy atom. The summed E-state index contributed by atoms with van der Waals surface area (Å²) in [5, 5.41) is 5.79. The predicted octanol–water partition coefficient (Wildman–Crippen LogP) is 1.89. The Hall–Kier alpha value is -1.85. The van der Waals surface area contributed by atoms with Crippen LogP contribution in [0.5, 0.6) is 0 Å². The largest absolute Gasteiger partial charge is 0.348 e. The van der Waals surface area contributed by atoms with E-state index in [1.165, 1.54) is 0 Å². The molecule has 6 heteroatoms. The number of nitrogens with zero attached hydrogens (tertiary/aromatic N) is 2. The minimum absolute atomic E-state index is 0.0419. The number of imidazole rings is 1. The van der Waals surface area contributed by atoms with Crippen molar-refractivity contribution in [1.29, 1.82) is 0 Å². The van der Waals surface area contributed by atoms with Crippen LogP contribution < -0.4 is 10.6 Å². The Kier molecular flexibility index (Phi) is 4.58. The average molecular weight is 306 g/mol. The summed E-state index contributed by atoms with van der Waals surface area (Å²) in [4.78, 5) is 29.2. The van der Waals surface area contributed by atoms with E-state index in [-0.39, 0.29) is 23.4 Å². The summed E-state index contributed by atoms with van der Waals surface area (Å²) in [6.45, 7) is 10.3. The van der Waals surface area contributed by atoms with Gasteiger partial charge in [-0.3, -0.25) is 9.59 Å². The average Bonchev–Trinajstić information content (AvgIpc) is 2.75. The molecule has 2 N–H and O–H groups in total. The fourth-order valence-corrected chi connectivity index (χ4v) is 2.63. The summed E-state index contributed by atoms with van der Waals surface area (Å²) in [5.41, 5.74) is 0.939. The number of carbonyl (C=O) groups is 2. The normalized spacial score (nSPS) is 14.6. The number of hydrogen-bond acceptors (Lipinski definition) is 3. The fourth-order valence-electron chi connectivity index (χ4n) is 2.63. The first-order valence-electron chi connectivity index (χ1n) is 7.92. The number of fused-ring (bicyclic) bond motifs is 1. The van der Waals surface area contributed by atoms with Gasteiger partial charge in [0.15, 0.2) is 5.82 Å². The molecular weight excluding hydrogens is 280 g/mol. The third-order valence-corrected chi connectivity index (χ3v) is 3.44. The predicted molar refractivity (Wildman–Crippen MR) is 85.0 cm³/mol. The van der Waals surface area contributed by atoms with Gasteiger partial charge >= 0.3 is 0 Å². The molecular formula is C16H26N4O2. The molecule has 1 aliphatic heterocycles. The number of carbonyl (C=O) groups excluding carboxylic acids is 2. The Labute approximate surface area is 131 Å². The van der Waals surface area contributed by atoms with E-state index in [0.29, 0.717) is 11.5 Å². The van der Waals surface area contributed by atoms with E-state index in [4.69, 9.17) is 0 Å². The van der Waals surface area contributed by atoms with Gasteiger partial charge < -0.3 is 15.2 Å². The Morgan fingerprint density at radius 1 is 1.18 bits per heavy atom. The van der Waals surface area contributed by atoms with Gasteiger partial charge in [-0.15, -0.1) is 0 Å². The molecule has 1 aromatic rings. The van der Waals surface area contributed by atoms with Crippen LogP contribution >= 0.6 is 0 Å². The van der Waals surface area contributed by atoms with Gasteiger partial charge in [-0.1, -0.05) is 0 Å². The molecule has 0 spiro atoms. The third-order valence-electron chi connectivity index (χ3n) is 3.44. The molecule has 0 bridgehead atoms. The van der Waals surface area contributed by atoms with Crippen molar-refractivity contribution in [3.63, 3.8) is 0 Å². The number of hydrogen-bond donors (Lipinski definition) is 2. The smallest absolute Gasteiger partial charge is 0.287 e. The highest BCUT2D eigenvalue weighted by Gasteiger charge is 2.28. The van der Waals surface area contributed by atoms with Gasteiger partial charge in [0, 0.05) is 18.1 Å². The zero-order valence-corrected chi connectivity index (χ0v) is 14.1. The highest BCUT2D eigenvalue weighted by Crippen LogP contribution is 2.21. The monoisotopic (exact) mass is 306 g/mol. The second kappa shape index (κ2) is 6.10. The molecule has 22 heavy (non-hydrogen) atoms. The van der Waals surface area contributed by atoms with E-state index < -0.39 is 0 Å². The molecule has 0 aromatic carbocycles. The van der Waals surface area contributed by atoms with Gasteiger partial charge in [0.25, 0.3) is 11.8 Å². The number of amides is 2. The first-order valence-corrected chi connectivity index (χ1v) is 7.92. The summed E-state index contributed by atoms with van der Waals surface area (Å²) >= 11 is 0. The summed E-state index contributed by atoms with van der Waals surface area (Å²) in [6, 6.07) is 0.0419. The van der Waals surface area contributed by atoms with Crippen LogP contribution in [0, 0.1) is 0 Å². The third kappa shape index (κ3) is 3.67. The highest BCUT2D eigenvalue weighted by atomic mass is 16.2. The molecule has 0 saturated carbocycles. The van der Waals surface area contributed by atoms with Crippen molar-refractivity contribution in [3.05, 3.63) is 17.2 Å². The first kappa shape index (κ1) is 16.5. The minimum Gasteiger partial charge on any atom is -0.348 e. The van der Waals surface area contributed by atoms with Crippen LogP contribution in [0.25, 0.3) is 0 Å². The Balaban J connectivity index is 2.37. The van der Waals surface area contributed by atoms with Crippen molar-refractivity contribution < 1.29 is 9.59 Å². The van der Waals surface area contributed by atoms with Gasteiger partial charge in [-0.05, 0) is 53.9 Å². The maximum absolute atomic E-state index is 12.5. The molecule has 1 aromatic heterocycles. The van der Waals surface area contributed by atoms with Crippen LogP contribution in [0.4, 0.5) is 0 Å². The maximum Gasteiger partial charge on any atom is 0.287 e. The maximum atomic E-state index is 12.5. The number of aromatic nitrogens is 2. The lowest BCUT2D eigenvalue weighted by Gasteiger charge is -2.22. The van der Waals surface area contributed by atoms with Crippen LogP contribution in [0.15, 0.2) is 0 Å². The molecule has 0 fully saturated rings. The second-order valence-electron chi connectivity index (χ2n) is 7.17. The Morgan fingerprint density at radius 2 is 1.86 bits per heavy atom. The highest BCUT2D eigenvalue weighted by molar-refractivity contribution is 5.97. The van der Waals surface area contributed by atoms with Gasteiger partial charge in [-0.2, -0.15) is 0 Å². The zero-order chi connectivity index (χ0) is 16.5. The SMILES string of the molecule is CC(C)NC(=O)c1nc(C(=O)NC(C)(C)C)n2c1CCCC2. The van der Waals surface area contributed by atoms with Crippen molar-refractivity contribution in [2.75, 3.05) is 0 Å². The molecule has 0 radical (unpaired) electrons. The van der Waals surface area contributed by atoms with Gasteiger partial charge in [-0.25, -0.2) is 4.98 Å². The van der Waals surface area contributed by atoms with E-state index in [2.05, 4.69) is 15.6 Å².